The molecule has 0 atom stereocenters. The molecule has 0 aromatic rings. The SMILES string of the molecule is C[Si](C)(Cl)C1=[C-]CC=C1.C[Si](C)(Cl)C1=[C-]CC=C1.[Cl-].[Cl-].[Cl-].[Cl-].[Cl-].[H+].[Zr+2]. The van der Waals surface area contributed by atoms with Crippen molar-refractivity contribution in [2.24, 2.45) is 0 Å². The van der Waals surface area contributed by atoms with Crippen molar-refractivity contribution in [3.8, 4) is 0 Å². The minimum Gasteiger partial charge on any atom is -1.00 e. The van der Waals surface area contributed by atoms with E-state index in [9.17, 15) is 0 Å². The van der Waals surface area contributed by atoms with Crippen molar-refractivity contribution >= 4 is 36.9 Å². The monoisotopic (exact) mass is 580 g/mol. The van der Waals surface area contributed by atoms with Crippen LogP contribution in [0.25, 0.3) is 0 Å². The first-order chi connectivity index (χ1) is 8.21. The molecule has 0 N–H and O–H groups in total. The molecule has 0 unspecified atom stereocenters. The summed E-state index contributed by atoms with van der Waals surface area (Å²) in [6.07, 6.45) is 16.8. The van der Waals surface area contributed by atoms with Crippen molar-refractivity contribution in [2.75, 3.05) is 0 Å². The maximum Gasteiger partial charge on any atom is 2.00 e. The zero-order valence-corrected chi connectivity index (χ0v) is 23.6. The summed E-state index contributed by atoms with van der Waals surface area (Å²) in [4.78, 5) is 0. The van der Waals surface area contributed by atoms with E-state index in [4.69, 9.17) is 22.2 Å². The van der Waals surface area contributed by atoms with Gasteiger partial charge in [0.05, 0.1) is 0 Å². The smallest absolute Gasteiger partial charge is 1.00 e. The third-order valence-corrected chi connectivity index (χ3v) is 7.14. The molecule has 0 heterocycles. The summed E-state index contributed by atoms with van der Waals surface area (Å²) in [5, 5.41) is 2.51. The largest absolute Gasteiger partial charge is 2.00 e. The van der Waals surface area contributed by atoms with Crippen molar-refractivity contribution < 1.29 is 89.7 Å². The summed E-state index contributed by atoms with van der Waals surface area (Å²) >= 11 is 12.3. The molecule has 142 valence electrons. The Morgan fingerprint density at radius 2 is 1.00 bits per heavy atom. The van der Waals surface area contributed by atoms with E-state index in [0.717, 1.165) is 12.8 Å². The molecule has 0 aromatic heterocycles. The first-order valence-corrected chi connectivity index (χ1v) is 14.2. The topological polar surface area (TPSA) is 0 Å². The first-order valence-electron chi connectivity index (χ1n) is 6.15. The molecule has 0 radical (unpaired) electrons. The van der Waals surface area contributed by atoms with Crippen LogP contribution in [0, 0.1) is 12.2 Å². The Morgan fingerprint density at radius 3 is 1.08 bits per heavy atom. The molecule has 2 aliphatic carbocycles. The van der Waals surface area contributed by atoms with E-state index in [1.807, 2.05) is 0 Å². The van der Waals surface area contributed by atoms with Crippen LogP contribution in [0.1, 0.15) is 14.3 Å². The Kier molecular flexibility index (Phi) is 31.8. The molecule has 0 aromatic carbocycles. The molecule has 0 fully saturated rings. The van der Waals surface area contributed by atoms with Crippen molar-refractivity contribution in [3.63, 3.8) is 0 Å². The van der Waals surface area contributed by atoms with Crippen LogP contribution in [-0.4, -0.2) is 14.8 Å². The number of allylic oxidation sites excluding steroid dienone is 8. The predicted molar refractivity (Wildman–Crippen MR) is 88.8 cm³/mol. The second kappa shape index (κ2) is 18.7. The van der Waals surface area contributed by atoms with Gasteiger partial charge in [0, 0.05) is 0 Å². The first kappa shape index (κ1) is 40.9. The van der Waals surface area contributed by atoms with Crippen molar-refractivity contribution in [3.05, 3.63) is 46.8 Å². The van der Waals surface area contributed by atoms with Crippen LogP contribution in [0.2, 0.25) is 26.2 Å². The van der Waals surface area contributed by atoms with Crippen LogP contribution in [0.4, 0.5) is 0 Å². The van der Waals surface area contributed by atoms with Gasteiger partial charge in [0.1, 0.15) is 14.8 Å². The van der Waals surface area contributed by atoms with Gasteiger partial charge in [-0.1, -0.05) is 26.2 Å². The molecule has 0 nitrogen and oxygen atoms in total. The van der Waals surface area contributed by atoms with Gasteiger partial charge in [0.2, 0.25) is 0 Å². The summed E-state index contributed by atoms with van der Waals surface area (Å²) in [6, 6.07) is 0. The normalized spacial score (nSPS) is 13.8. The summed E-state index contributed by atoms with van der Waals surface area (Å²) in [5.74, 6) is 0. The maximum absolute atomic E-state index is 6.13. The fourth-order valence-electron chi connectivity index (χ4n) is 1.63. The average molecular weight is 585 g/mol. The summed E-state index contributed by atoms with van der Waals surface area (Å²) in [6.45, 7) is 8.47. The van der Waals surface area contributed by atoms with Crippen molar-refractivity contribution in [2.45, 2.75) is 39.0 Å². The molecule has 24 heavy (non-hydrogen) atoms. The predicted octanol–water partition coefficient (Wildman–Crippen LogP) is -9.55. The van der Waals surface area contributed by atoms with Gasteiger partial charge in [-0.15, -0.1) is 12.8 Å². The zero-order valence-electron chi connectivity index (χ0n) is 14.9. The molecule has 0 bridgehead atoms. The van der Waals surface area contributed by atoms with Crippen LogP contribution in [-0.2, 0) is 26.2 Å². The second-order valence-corrected chi connectivity index (χ2v) is 18.0. The van der Waals surface area contributed by atoms with Crippen molar-refractivity contribution in [1.29, 1.82) is 0 Å². The average Bonchev–Trinajstić information content (AvgIpc) is 2.91. The molecular weight excluding hydrogens is 564 g/mol. The molecule has 2 aliphatic rings. The Hall–Kier alpha value is 2.31. The molecule has 0 saturated heterocycles. The van der Waals surface area contributed by atoms with E-state index in [-0.39, 0.29) is 89.7 Å². The standard InChI is InChI=1S/2C7H10ClSi.5ClH.Zr/c2*1-9(2,8)7-5-3-4-6-7;;;;;;/h2*3,5H,4H2,1-2H3;5*1H;/q2*-1;;;;;;+2/p-4. The van der Waals surface area contributed by atoms with Crippen LogP contribution in [0.5, 0.6) is 0 Å². The third kappa shape index (κ3) is 16.5. The summed E-state index contributed by atoms with van der Waals surface area (Å²) in [5.41, 5.74) is 0. The number of hydrogen-bond acceptors (Lipinski definition) is 0. The second-order valence-electron chi connectivity index (χ2n) is 5.34. The van der Waals surface area contributed by atoms with E-state index < -0.39 is 14.8 Å². The van der Waals surface area contributed by atoms with E-state index in [2.05, 4.69) is 62.6 Å². The van der Waals surface area contributed by atoms with Gasteiger partial charge in [-0.3, -0.25) is 12.2 Å². The Morgan fingerprint density at radius 1 is 0.750 bits per heavy atom. The van der Waals surface area contributed by atoms with Crippen LogP contribution < -0.4 is 62.0 Å². The molecule has 0 aliphatic heterocycles. The zero-order chi connectivity index (χ0) is 13.8. The maximum atomic E-state index is 6.13. The minimum atomic E-state index is -1.53. The Labute approximate surface area is 210 Å². The molecule has 0 amide bonds. The molecule has 0 saturated carbocycles. The van der Waals surface area contributed by atoms with E-state index in [1.165, 1.54) is 10.4 Å². The van der Waals surface area contributed by atoms with Gasteiger partial charge >= 0.3 is 27.6 Å². The van der Waals surface area contributed by atoms with Gasteiger partial charge in [-0.05, 0) is 0 Å². The van der Waals surface area contributed by atoms with Gasteiger partial charge in [0.25, 0.3) is 0 Å². The number of rotatable bonds is 2. The molecule has 2 rings (SSSR count). The van der Waals surface area contributed by atoms with Gasteiger partial charge < -0.3 is 62.0 Å². The quantitative estimate of drug-likeness (QED) is 0.172. The van der Waals surface area contributed by atoms with Crippen LogP contribution >= 0.6 is 22.2 Å². The fraction of sp³-hybridized carbons (Fsp3) is 0.429. The van der Waals surface area contributed by atoms with Crippen LogP contribution in [0.15, 0.2) is 34.7 Å². The molecular formula is C14H21Cl7Si2Zr-4. The minimum absolute atomic E-state index is 0. The Bertz CT molecular complexity index is 388. The Balaban J connectivity index is -0.0000000405. The van der Waals surface area contributed by atoms with Gasteiger partial charge in [0.15, 0.2) is 0 Å². The molecule has 0 spiro atoms. The van der Waals surface area contributed by atoms with E-state index in [0.29, 0.717) is 0 Å². The number of hydrogen-bond donors (Lipinski definition) is 0. The summed E-state index contributed by atoms with van der Waals surface area (Å²) < 4.78 is 0. The van der Waals surface area contributed by atoms with Crippen LogP contribution in [0.3, 0.4) is 0 Å². The number of halogens is 7. The van der Waals surface area contributed by atoms with E-state index >= 15 is 0 Å². The third-order valence-electron chi connectivity index (χ3n) is 2.67. The van der Waals surface area contributed by atoms with Gasteiger partial charge in [-0.2, -0.15) is 34.3 Å². The summed E-state index contributed by atoms with van der Waals surface area (Å²) in [7, 11) is -3.07. The van der Waals surface area contributed by atoms with E-state index in [1.54, 1.807) is 0 Å². The fourth-order valence-corrected chi connectivity index (χ4v) is 4.48. The van der Waals surface area contributed by atoms with Gasteiger partial charge in [-0.25, -0.2) is 22.5 Å². The van der Waals surface area contributed by atoms with Crippen molar-refractivity contribution in [1.82, 2.24) is 0 Å². The molecule has 10 heteroatoms.